The molecule has 1 unspecified atom stereocenters. The van der Waals surface area contributed by atoms with Gasteiger partial charge in [0.2, 0.25) is 5.91 Å². The lowest BCUT2D eigenvalue weighted by Gasteiger charge is -2.27. The van der Waals surface area contributed by atoms with Crippen LogP contribution in [0.1, 0.15) is 29.0 Å². The van der Waals surface area contributed by atoms with Crippen LogP contribution in [0, 0.1) is 19.3 Å². The fourth-order valence-corrected chi connectivity index (χ4v) is 3.50. The quantitative estimate of drug-likeness (QED) is 0.529. The molecule has 0 saturated heterocycles. The lowest BCUT2D eigenvalue weighted by atomic mass is 9.86. The molecule has 24 heavy (non-hydrogen) atoms. The maximum atomic E-state index is 12.6. The van der Waals surface area contributed by atoms with Gasteiger partial charge in [-0.25, -0.2) is 0 Å². The molecular formula is C18H17N3O2S. The van der Waals surface area contributed by atoms with Crippen LogP contribution in [0.25, 0.3) is 0 Å². The number of nitrogens with zero attached hydrogens (tertiary/aromatic N) is 2. The molecule has 2 heterocycles. The van der Waals surface area contributed by atoms with Crippen molar-refractivity contribution in [2.45, 2.75) is 24.4 Å². The van der Waals surface area contributed by atoms with E-state index in [1.807, 2.05) is 31.2 Å². The van der Waals surface area contributed by atoms with Crippen LogP contribution in [0.15, 0.2) is 34.2 Å². The summed E-state index contributed by atoms with van der Waals surface area (Å²) in [5.41, 5.74) is 2.30. The maximum absolute atomic E-state index is 12.6. The number of thioether (sulfide) groups is 1. The number of rotatable bonds is 3. The molecule has 1 aromatic heterocycles. The van der Waals surface area contributed by atoms with Gasteiger partial charge >= 0.3 is 0 Å². The average Bonchev–Trinajstić information content (AvgIpc) is 2.56. The van der Waals surface area contributed by atoms with Crippen molar-refractivity contribution in [3.63, 3.8) is 0 Å². The molecule has 0 bridgehead atoms. The zero-order chi connectivity index (χ0) is 17.3. The van der Waals surface area contributed by atoms with Crippen molar-refractivity contribution in [3.8, 4) is 12.3 Å². The Labute approximate surface area is 144 Å². The zero-order valence-corrected chi connectivity index (χ0v) is 14.3. The van der Waals surface area contributed by atoms with Crippen LogP contribution in [0.5, 0.6) is 0 Å². The summed E-state index contributed by atoms with van der Waals surface area (Å²) >= 11 is 1.30. The van der Waals surface area contributed by atoms with Crippen molar-refractivity contribution < 1.29 is 4.79 Å². The van der Waals surface area contributed by atoms with Crippen LogP contribution >= 0.6 is 11.8 Å². The second-order valence-corrected chi connectivity index (χ2v) is 6.67. The molecule has 1 atom stereocenters. The molecule has 1 N–H and O–H groups in total. The van der Waals surface area contributed by atoms with E-state index in [1.165, 1.54) is 11.8 Å². The highest BCUT2D eigenvalue weighted by Gasteiger charge is 2.31. The van der Waals surface area contributed by atoms with Crippen LogP contribution in [-0.2, 0) is 11.8 Å². The third-order valence-corrected chi connectivity index (χ3v) is 5.00. The second kappa shape index (κ2) is 6.54. The van der Waals surface area contributed by atoms with Crippen molar-refractivity contribution >= 4 is 23.5 Å². The summed E-state index contributed by atoms with van der Waals surface area (Å²) in [6.45, 7) is 2.00. The first kappa shape index (κ1) is 16.3. The predicted octanol–water partition coefficient (Wildman–Crippen LogP) is 2.29. The summed E-state index contributed by atoms with van der Waals surface area (Å²) in [5.74, 6) is 3.04. The third-order valence-electron chi connectivity index (χ3n) is 4.07. The first-order chi connectivity index (χ1) is 11.5. The van der Waals surface area contributed by atoms with Crippen LogP contribution in [0.4, 0.5) is 5.82 Å². The molecule has 5 nitrogen and oxygen atoms in total. The molecule has 1 aliphatic heterocycles. The van der Waals surface area contributed by atoms with Crippen molar-refractivity contribution in [3.05, 3.63) is 51.3 Å². The largest absolute Gasteiger partial charge is 0.312 e. The fourth-order valence-electron chi connectivity index (χ4n) is 2.85. The SMILES string of the molecule is C#CCSc1nc(=O)c2c(n1C)NC(=O)CC2c1ccc(C)cc1. The van der Waals surface area contributed by atoms with Crippen molar-refractivity contribution in [2.75, 3.05) is 11.1 Å². The van der Waals surface area contributed by atoms with E-state index in [0.29, 0.717) is 22.3 Å². The topological polar surface area (TPSA) is 64.0 Å². The standard InChI is InChI=1S/C18H17N3O2S/c1-4-9-24-18-20-17(23)15-13(12-7-5-11(2)6-8-12)10-14(22)19-16(15)21(18)3/h1,5-8,13H,9-10H2,2-3H3,(H,19,22). The van der Waals surface area contributed by atoms with Crippen molar-refractivity contribution in [2.24, 2.45) is 7.05 Å². The van der Waals surface area contributed by atoms with Crippen LogP contribution in [0.3, 0.4) is 0 Å². The number of hydrogen-bond acceptors (Lipinski definition) is 4. The van der Waals surface area contributed by atoms with E-state index in [-0.39, 0.29) is 23.8 Å². The number of carbonyl (C=O) groups is 1. The molecule has 0 saturated carbocycles. The van der Waals surface area contributed by atoms with Gasteiger partial charge in [0.25, 0.3) is 5.56 Å². The minimum Gasteiger partial charge on any atom is -0.312 e. The summed E-state index contributed by atoms with van der Waals surface area (Å²) < 4.78 is 1.73. The summed E-state index contributed by atoms with van der Waals surface area (Å²) in [6.07, 6.45) is 5.52. The van der Waals surface area contributed by atoms with Gasteiger partial charge in [0, 0.05) is 19.4 Å². The van der Waals surface area contributed by atoms with E-state index in [0.717, 1.165) is 11.1 Å². The highest BCUT2D eigenvalue weighted by Crippen LogP contribution is 2.35. The lowest BCUT2D eigenvalue weighted by Crippen LogP contribution is -2.33. The first-order valence-electron chi connectivity index (χ1n) is 7.55. The van der Waals surface area contributed by atoms with Gasteiger partial charge in [-0.15, -0.1) is 6.42 Å². The number of amides is 1. The van der Waals surface area contributed by atoms with E-state index < -0.39 is 0 Å². The van der Waals surface area contributed by atoms with Gasteiger partial charge in [-0.3, -0.25) is 9.59 Å². The predicted molar refractivity (Wildman–Crippen MR) is 95.3 cm³/mol. The Morgan fingerprint density at radius 2 is 2.08 bits per heavy atom. The Bertz CT molecular complexity index is 894. The smallest absolute Gasteiger partial charge is 0.279 e. The Morgan fingerprint density at radius 1 is 1.38 bits per heavy atom. The number of aryl methyl sites for hydroxylation is 1. The van der Waals surface area contributed by atoms with Crippen molar-refractivity contribution in [1.82, 2.24) is 9.55 Å². The fraction of sp³-hybridized carbons (Fsp3) is 0.278. The summed E-state index contributed by atoms with van der Waals surface area (Å²) in [5, 5.41) is 3.32. The third kappa shape index (κ3) is 2.95. The lowest BCUT2D eigenvalue weighted by molar-refractivity contribution is -0.116. The molecule has 1 aromatic carbocycles. The Balaban J connectivity index is 2.14. The second-order valence-electron chi connectivity index (χ2n) is 5.73. The molecule has 0 radical (unpaired) electrons. The van der Waals surface area contributed by atoms with Gasteiger partial charge < -0.3 is 9.88 Å². The highest BCUT2D eigenvalue weighted by atomic mass is 32.2. The van der Waals surface area contributed by atoms with Gasteiger partial charge in [-0.05, 0) is 12.5 Å². The molecule has 0 fully saturated rings. The molecule has 1 aliphatic rings. The van der Waals surface area contributed by atoms with E-state index in [9.17, 15) is 9.59 Å². The maximum Gasteiger partial charge on any atom is 0.279 e. The number of fused-ring (bicyclic) bond motifs is 1. The number of carbonyl (C=O) groups excluding carboxylic acids is 1. The van der Waals surface area contributed by atoms with Gasteiger partial charge in [0.05, 0.1) is 11.3 Å². The van der Waals surface area contributed by atoms with Gasteiger partial charge in [-0.1, -0.05) is 47.5 Å². The summed E-state index contributed by atoms with van der Waals surface area (Å²) in [4.78, 5) is 29.0. The number of hydrogen-bond donors (Lipinski definition) is 1. The van der Waals surface area contributed by atoms with E-state index in [2.05, 4.69) is 16.2 Å². The van der Waals surface area contributed by atoms with Crippen LogP contribution < -0.4 is 10.9 Å². The minimum atomic E-state index is -0.312. The van der Waals surface area contributed by atoms with Gasteiger partial charge in [-0.2, -0.15) is 4.98 Å². The molecule has 1 amide bonds. The van der Waals surface area contributed by atoms with Crippen LogP contribution in [-0.4, -0.2) is 21.2 Å². The molecule has 6 heteroatoms. The minimum absolute atomic E-state index is 0.109. The number of aromatic nitrogens is 2. The molecule has 0 spiro atoms. The number of nitrogens with one attached hydrogen (secondary N) is 1. The van der Waals surface area contributed by atoms with Gasteiger partial charge in [0.15, 0.2) is 5.16 Å². The van der Waals surface area contributed by atoms with E-state index in [4.69, 9.17) is 6.42 Å². The normalized spacial score (nSPS) is 16.2. The Morgan fingerprint density at radius 3 is 2.75 bits per heavy atom. The first-order valence-corrected chi connectivity index (χ1v) is 8.53. The molecule has 2 aromatic rings. The number of benzene rings is 1. The summed E-state index contributed by atoms with van der Waals surface area (Å²) in [7, 11) is 1.78. The molecule has 0 aliphatic carbocycles. The van der Waals surface area contributed by atoms with Crippen molar-refractivity contribution in [1.29, 1.82) is 0 Å². The highest BCUT2D eigenvalue weighted by molar-refractivity contribution is 7.99. The average molecular weight is 339 g/mol. The molecule has 122 valence electrons. The molecular weight excluding hydrogens is 322 g/mol. The summed E-state index contributed by atoms with van der Waals surface area (Å²) in [6, 6.07) is 7.89. The number of anilines is 1. The van der Waals surface area contributed by atoms with Crippen LogP contribution in [0.2, 0.25) is 0 Å². The monoisotopic (exact) mass is 339 g/mol. The van der Waals surface area contributed by atoms with E-state index in [1.54, 1.807) is 11.6 Å². The van der Waals surface area contributed by atoms with E-state index >= 15 is 0 Å². The number of terminal acetylenes is 1. The van der Waals surface area contributed by atoms with Gasteiger partial charge in [0.1, 0.15) is 5.82 Å². The Hall–Kier alpha value is -2.52. The molecule has 3 rings (SSSR count). The zero-order valence-electron chi connectivity index (χ0n) is 13.5. The Kier molecular flexibility index (Phi) is 4.45.